The van der Waals surface area contributed by atoms with Crippen molar-refractivity contribution in [1.29, 1.82) is 0 Å². The smallest absolute Gasteiger partial charge is 0.242 e. The molecule has 0 bridgehead atoms. The van der Waals surface area contributed by atoms with Crippen molar-refractivity contribution in [3.8, 4) is 0 Å². The molecule has 0 radical (unpaired) electrons. The van der Waals surface area contributed by atoms with Crippen LogP contribution >= 0.6 is 23.2 Å². The number of hydrogen-bond acceptors (Lipinski definition) is 2. The van der Waals surface area contributed by atoms with Crippen molar-refractivity contribution in [1.82, 2.24) is 10.2 Å². The van der Waals surface area contributed by atoms with E-state index in [1.807, 2.05) is 51.1 Å². The molecule has 0 unspecified atom stereocenters. The molecule has 4 nitrogen and oxygen atoms in total. The summed E-state index contributed by atoms with van der Waals surface area (Å²) in [6.07, 6.45) is 1.46. The van der Waals surface area contributed by atoms with E-state index in [4.69, 9.17) is 23.2 Å². The normalized spacial score (nSPS) is 11.9. The van der Waals surface area contributed by atoms with E-state index in [1.165, 1.54) is 0 Å². The SMILES string of the molecule is CC[C@@H](C(=O)NCC(C)C)N(Cc1ccc(Cl)cc1Cl)C(=O)CCc1ccccc1. The Bertz CT molecular complexity index is 840. The quantitative estimate of drug-likeness (QED) is 0.520. The van der Waals surface area contributed by atoms with Crippen molar-refractivity contribution in [3.63, 3.8) is 0 Å². The van der Waals surface area contributed by atoms with Crippen LogP contribution in [0.4, 0.5) is 0 Å². The first kappa shape index (κ1) is 24.2. The number of carbonyl (C=O) groups is 2. The molecule has 0 aromatic heterocycles. The molecule has 2 amide bonds. The summed E-state index contributed by atoms with van der Waals surface area (Å²) in [6, 6.07) is 14.5. The van der Waals surface area contributed by atoms with Gasteiger partial charge in [-0.15, -0.1) is 0 Å². The fourth-order valence-electron chi connectivity index (χ4n) is 3.22. The minimum absolute atomic E-state index is 0.0728. The number of hydrogen-bond donors (Lipinski definition) is 1. The summed E-state index contributed by atoms with van der Waals surface area (Å²) in [4.78, 5) is 27.7. The van der Waals surface area contributed by atoms with Gasteiger partial charge in [-0.2, -0.15) is 0 Å². The number of carbonyl (C=O) groups excluding carboxylic acids is 2. The lowest BCUT2D eigenvalue weighted by Crippen LogP contribution is -2.49. The maximum atomic E-state index is 13.2. The zero-order chi connectivity index (χ0) is 22.1. The highest BCUT2D eigenvalue weighted by Gasteiger charge is 2.28. The maximum Gasteiger partial charge on any atom is 0.242 e. The van der Waals surface area contributed by atoms with Gasteiger partial charge in [0, 0.05) is 29.6 Å². The van der Waals surface area contributed by atoms with E-state index in [0.717, 1.165) is 11.1 Å². The molecule has 0 aliphatic heterocycles. The van der Waals surface area contributed by atoms with Crippen molar-refractivity contribution < 1.29 is 9.59 Å². The van der Waals surface area contributed by atoms with Crippen LogP contribution < -0.4 is 5.32 Å². The molecule has 0 aliphatic rings. The third-order valence-electron chi connectivity index (χ3n) is 4.90. The van der Waals surface area contributed by atoms with Crippen molar-refractivity contribution >= 4 is 35.0 Å². The van der Waals surface area contributed by atoms with Gasteiger partial charge in [-0.1, -0.05) is 80.4 Å². The highest BCUT2D eigenvalue weighted by molar-refractivity contribution is 6.35. The van der Waals surface area contributed by atoms with E-state index in [1.54, 1.807) is 23.1 Å². The van der Waals surface area contributed by atoms with Gasteiger partial charge < -0.3 is 10.2 Å². The molecule has 0 aliphatic carbocycles. The first-order valence-electron chi connectivity index (χ1n) is 10.4. The molecular weight excluding hydrogens is 419 g/mol. The number of halogens is 2. The van der Waals surface area contributed by atoms with Crippen molar-refractivity contribution in [2.45, 2.75) is 52.6 Å². The van der Waals surface area contributed by atoms with Crippen molar-refractivity contribution in [3.05, 3.63) is 69.7 Å². The van der Waals surface area contributed by atoms with Gasteiger partial charge in [0.05, 0.1) is 0 Å². The van der Waals surface area contributed by atoms with Crippen LogP contribution in [-0.2, 0) is 22.6 Å². The number of benzene rings is 2. The second-order valence-electron chi connectivity index (χ2n) is 7.81. The van der Waals surface area contributed by atoms with E-state index >= 15 is 0 Å². The Morgan fingerprint density at radius 3 is 2.37 bits per heavy atom. The Balaban J connectivity index is 2.22. The lowest BCUT2D eigenvalue weighted by molar-refractivity contribution is -0.141. The van der Waals surface area contributed by atoms with Crippen LogP contribution in [0.3, 0.4) is 0 Å². The minimum atomic E-state index is -0.557. The monoisotopic (exact) mass is 448 g/mol. The van der Waals surface area contributed by atoms with Crippen LogP contribution in [0.15, 0.2) is 48.5 Å². The zero-order valence-corrected chi connectivity index (χ0v) is 19.3. The second kappa shape index (κ2) is 12.0. The number of nitrogens with zero attached hydrogens (tertiary/aromatic N) is 1. The van der Waals surface area contributed by atoms with Gasteiger partial charge in [0.2, 0.25) is 11.8 Å². The molecule has 0 saturated heterocycles. The predicted molar refractivity (Wildman–Crippen MR) is 124 cm³/mol. The number of rotatable bonds is 10. The van der Waals surface area contributed by atoms with Gasteiger partial charge in [0.15, 0.2) is 0 Å². The van der Waals surface area contributed by atoms with Gasteiger partial charge in [-0.3, -0.25) is 9.59 Å². The van der Waals surface area contributed by atoms with Crippen LogP contribution in [0, 0.1) is 5.92 Å². The van der Waals surface area contributed by atoms with Crippen LogP contribution in [-0.4, -0.2) is 29.3 Å². The Hall–Kier alpha value is -2.04. The molecule has 0 spiro atoms. The highest BCUT2D eigenvalue weighted by Crippen LogP contribution is 2.24. The van der Waals surface area contributed by atoms with Crippen LogP contribution in [0.1, 0.15) is 44.7 Å². The first-order chi connectivity index (χ1) is 14.3. The summed E-state index contributed by atoms with van der Waals surface area (Å²) in [6.45, 7) is 6.83. The summed E-state index contributed by atoms with van der Waals surface area (Å²) in [5.41, 5.74) is 1.86. The molecule has 0 heterocycles. The molecule has 2 aromatic rings. The molecule has 30 heavy (non-hydrogen) atoms. The molecule has 1 N–H and O–H groups in total. The van der Waals surface area contributed by atoms with Gasteiger partial charge in [0.25, 0.3) is 0 Å². The van der Waals surface area contributed by atoms with Gasteiger partial charge >= 0.3 is 0 Å². The fraction of sp³-hybridized carbons (Fsp3) is 0.417. The van der Waals surface area contributed by atoms with Gasteiger partial charge in [0.1, 0.15) is 6.04 Å². The molecule has 0 saturated carbocycles. The van der Waals surface area contributed by atoms with Gasteiger partial charge in [-0.25, -0.2) is 0 Å². The fourth-order valence-corrected chi connectivity index (χ4v) is 3.68. The van der Waals surface area contributed by atoms with Crippen molar-refractivity contribution in [2.24, 2.45) is 5.92 Å². The van der Waals surface area contributed by atoms with Crippen LogP contribution in [0.2, 0.25) is 10.0 Å². The molecule has 162 valence electrons. The van der Waals surface area contributed by atoms with Crippen molar-refractivity contribution in [2.75, 3.05) is 6.54 Å². The molecule has 6 heteroatoms. The third-order valence-corrected chi connectivity index (χ3v) is 5.48. The predicted octanol–water partition coefficient (Wildman–Crippen LogP) is 5.51. The highest BCUT2D eigenvalue weighted by atomic mass is 35.5. The molecular formula is C24H30Cl2N2O2. The van der Waals surface area contributed by atoms with Crippen LogP contribution in [0.25, 0.3) is 0 Å². The summed E-state index contributed by atoms with van der Waals surface area (Å²) < 4.78 is 0. The summed E-state index contributed by atoms with van der Waals surface area (Å²) in [5, 5.41) is 3.99. The lowest BCUT2D eigenvalue weighted by atomic mass is 10.1. The van der Waals surface area contributed by atoms with E-state index in [-0.39, 0.29) is 18.4 Å². The molecule has 2 aromatic carbocycles. The number of nitrogens with one attached hydrogen (secondary N) is 1. The van der Waals surface area contributed by atoms with Crippen LogP contribution in [0.5, 0.6) is 0 Å². The summed E-state index contributed by atoms with van der Waals surface area (Å²) >= 11 is 12.4. The summed E-state index contributed by atoms with van der Waals surface area (Å²) in [5.74, 6) is 0.125. The molecule has 1 atom stereocenters. The third kappa shape index (κ3) is 7.33. The average Bonchev–Trinajstić information content (AvgIpc) is 2.72. The van der Waals surface area contributed by atoms with E-state index in [9.17, 15) is 9.59 Å². The first-order valence-corrected chi connectivity index (χ1v) is 11.1. The Morgan fingerprint density at radius 1 is 1.07 bits per heavy atom. The molecule has 0 fully saturated rings. The van der Waals surface area contributed by atoms with E-state index in [2.05, 4.69) is 5.32 Å². The minimum Gasteiger partial charge on any atom is -0.354 e. The largest absolute Gasteiger partial charge is 0.354 e. The number of aryl methyl sites for hydroxylation is 1. The Kier molecular flexibility index (Phi) is 9.67. The number of amides is 2. The average molecular weight is 449 g/mol. The Morgan fingerprint density at radius 2 is 1.77 bits per heavy atom. The van der Waals surface area contributed by atoms with Gasteiger partial charge in [-0.05, 0) is 42.0 Å². The zero-order valence-electron chi connectivity index (χ0n) is 17.8. The lowest BCUT2D eigenvalue weighted by Gasteiger charge is -2.31. The standard InChI is InChI=1S/C24H30Cl2N2O2/c1-4-22(24(30)27-15-17(2)3)28(16-19-11-12-20(25)14-21(19)26)23(29)13-10-18-8-6-5-7-9-18/h5-9,11-12,14,17,22H,4,10,13,15-16H2,1-3H3,(H,27,30)/t22-/m0/s1. The van der Waals surface area contributed by atoms with E-state index < -0.39 is 6.04 Å². The Labute approximate surface area is 189 Å². The molecule has 2 rings (SSSR count). The topological polar surface area (TPSA) is 49.4 Å². The summed E-state index contributed by atoms with van der Waals surface area (Å²) in [7, 11) is 0. The maximum absolute atomic E-state index is 13.2. The van der Waals surface area contributed by atoms with E-state index in [0.29, 0.717) is 41.8 Å². The second-order valence-corrected chi connectivity index (χ2v) is 8.65.